The second-order valence-corrected chi connectivity index (χ2v) is 3.32. The Morgan fingerprint density at radius 2 is 2.06 bits per heavy atom. The van der Waals surface area contributed by atoms with Gasteiger partial charge in [0.05, 0.1) is 12.7 Å². The predicted octanol–water partition coefficient (Wildman–Crippen LogP) is -1.74. The van der Waals surface area contributed by atoms with Gasteiger partial charge in [-0.25, -0.2) is 4.98 Å². The molecule has 1 atom stereocenters. The fourth-order valence-corrected chi connectivity index (χ4v) is 1.06. The molecule has 0 saturated heterocycles. The van der Waals surface area contributed by atoms with E-state index in [9.17, 15) is 9.59 Å². The third kappa shape index (κ3) is 3.82. The van der Waals surface area contributed by atoms with Crippen LogP contribution in [0.2, 0.25) is 0 Å². The standard InChI is InChI=1S/C10H13N3O4/c11-9(16)7-2-1-3-8(13-7)10(17)12-4-6(15)5-14/h1-3,6,14-15H,4-5H2,(H2,11,16)(H,12,17). The quantitative estimate of drug-likeness (QED) is 0.485. The van der Waals surface area contributed by atoms with Crippen LogP contribution in [0.1, 0.15) is 21.0 Å². The molecule has 0 bridgehead atoms. The van der Waals surface area contributed by atoms with Crippen LogP contribution in [0, 0.1) is 0 Å². The van der Waals surface area contributed by atoms with Crippen LogP contribution in [-0.4, -0.2) is 46.3 Å². The van der Waals surface area contributed by atoms with E-state index >= 15 is 0 Å². The first kappa shape index (κ1) is 13.1. The number of carbonyl (C=O) groups excluding carboxylic acids is 2. The SMILES string of the molecule is NC(=O)c1cccc(C(=O)NCC(O)CO)n1. The van der Waals surface area contributed by atoms with E-state index in [1.807, 2.05) is 0 Å². The molecule has 0 aliphatic carbocycles. The Morgan fingerprint density at radius 3 is 2.65 bits per heavy atom. The number of nitrogens with two attached hydrogens (primary N) is 1. The third-order valence-electron chi connectivity index (χ3n) is 1.94. The molecule has 0 aromatic carbocycles. The van der Waals surface area contributed by atoms with Gasteiger partial charge >= 0.3 is 0 Å². The minimum absolute atomic E-state index is 0.0136. The molecule has 1 unspecified atom stereocenters. The molecule has 0 saturated carbocycles. The van der Waals surface area contributed by atoms with Crippen molar-refractivity contribution in [2.24, 2.45) is 5.73 Å². The molecular weight excluding hydrogens is 226 g/mol. The maximum absolute atomic E-state index is 11.5. The minimum atomic E-state index is -1.03. The summed E-state index contributed by atoms with van der Waals surface area (Å²) in [6.45, 7) is -0.549. The highest BCUT2D eigenvalue weighted by Crippen LogP contribution is 1.98. The predicted molar refractivity (Wildman–Crippen MR) is 58.2 cm³/mol. The Bertz CT molecular complexity index is 422. The number of hydrogen-bond acceptors (Lipinski definition) is 5. The van der Waals surface area contributed by atoms with Crippen molar-refractivity contribution in [3.8, 4) is 0 Å². The number of carbonyl (C=O) groups is 2. The summed E-state index contributed by atoms with van der Waals surface area (Å²) in [6.07, 6.45) is -1.03. The molecule has 1 aromatic rings. The van der Waals surface area contributed by atoms with Crippen molar-refractivity contribution in [1.82, 2.24) is 10.3 Å². The summed E-state index contributed by atoms with van der Waals surface area (Å²) in [7, 11) is 0. The van der Waals surface area contributed by atoms with Crippen molar-refractivity contribution in [3.05, 3.63) is 29.6 Å². The van der Waals surface area contributed by atoms with Gasteiger partial charge < -0.3 is 21.3 Å². The van der Waals surface area contributed by atoms with E-state index in [2.05, 4.69) is 10.3 Å². The average Bonchev–Trinajstić information content (AvgIpc) is 2.35. The van der Waals surface area contributed by atoms with Crippen molar-refractivity contribution in [2.75, 3.05) is 13.2 Å². The fraction of sp³-hybridized carbons (Fsp3) is 0.300. The van der Waals surface area contributed by atoms with E-state index in [0.717, 1.165) is 0 Å². The number of aliphatic hydroxyl groups is 2. The van der Waals surface area contributed by atoms with E-state index in [4.69, 9.17) is 15.9 Å². The highest BCUT2D eigenvalue weighted by Gasteiger charge is 2.11. The number of nitrogens with one attached hydrogen (secondary N) is 1. The average molecular weight is 239 g/mol. The van der Waals surface area contributed by atoms with Gasteiger partial charge in [0, 0.05) is 6.54 Å². The van der Waals surface area contributed by atoms with E-state index in [-0.39, 0.29) is 17.9 Å². The summed E-state index contributed by atoms with van der Waals surface area (Å²) in [6, 6.07) is 4.28. The maximum atomic E-state index is 11.5. The molecular formula is C10H13N3O4. The van der Waals surface area contributed by atoms with Gasteiger partial charge in [-0.1, -0.05) is 6.07 Å². The van der Waals surface area contributed by atoms with E-state index in [1.165, 1.54) is 18.2 Å². The summed E-state index contributed by atoms with van der Waals surface area (Å²) in [4.78, 5) is 26.1. The first-order chi connectivity index (χ1) is 8.04. The lowest BCUT2D eigenvalue weighted by molar-refractivity contribution is 0.0798. The smallest absolute Gasteiger partial charge is 0.269 e. The van der Waals surface area contributed by atoms with Crippen LogP contribution in [-0.2, 0) is 0 Å². The summed E-state index contributed by atoms with van der Waals surface area (Å²) < 4.78 is 0. The van der Waals surface area contributed by atoms with E-state index < -0.39 is 24.5 Å². The van der Waals surface area contributed by atoms with Crippen molar-refractivity contribution >= 4 is 11.8 Å². The fourth-order valence-electron chi connectivity index (χ4n) is 1.06. The molecule has 1 aromatic heterocycles. The van der Waals surface area contributed by atoms with Crippen LogP contribution in [0.4, 0.5) is 0 Å². The number of aliphatic hydroxyl groups excluding tert-OH is 2. The van der Waals surface area contributed by atoms with Crippen LogP contribution in [0.25, 0.3) is 0 Å². The number of primary amides is 1. The monoisotopic (exact) mass is 239 g/mol. The van der Waals surface area contributed by atoms with Crippen LogP contribution >= 0.6 is 0 Å². The zero-order valence-electron chi connectivity index (χ0n) is 8.96. The Kier molecular flexibility index (Phi) is 4.56. The molecule has 0 fully saturated rings. The van der Waals surface area contributed by atoms with Gasteiger partial charge in [0.2, 0.25) is 0 Å². The molecule has 92 valence electrons. The lowest BCUT2D eigenvalue weighted by atomic mass is 10.2. The molecule has 1 heterocycles. The molecule has 0 aliphatic heterocycles. The molecule has 5 N–H and O–H groups in total. The van der Waals surface area contributed by atoms with Gasteiger partial charge in [0.1, 0.15) is 11.4 Å². The van der Waals surface area contributed by atoms with Gasteiger partial charge in [0.15, 0.2) is 0 Å². The third-order valence-corrected chi connectivity index (χ3v) is 1.94. The molecule has 0 spiro atoms. The van der Waals surface area contributed by atoms with Gasteiger partial charge in [-0.2, -0.15) is 0 Å². The van der Waals surface area contributed by atoms with Gasteiger partial charge in [-0.3, -0.25) is 9.59 Å². The zero-order chi connectivity index (χ0) is 12.8. The Labute approximate surface area is 97.3 Å². The van der Waals surface area contributed by atoms with E-state index in [0.29, 0.717) is 0 Å². The molecule has 7 heteroatoms. The first-order valence-corrected chi connectivity index (χ1v) is 4.88. The van der Waals surface area contributed by atoms with Crippen molar-refractivity contribution < 1.29 is 19.8 Å². The Morgan fingerprint density at radius 1 is 1.41 bits per heavy atom. The molecule has 2 amide bonds. The number of aromatic nitrogens is 1. The topological polar surface area (TPSA) is 126 Å². The first-order valence-electron chi connectivity index (χ1n) is 4.88. The van der Waals surface area contributed by atoms with Crippen LogP contribution in [0.15, 0.2) is 18.2 Å². The molecule has 1 rings (SSSR count). The normalized spacial score (nSPS) is 11.9. The zero-order valence-corrected chi connectivity index (χ0v) is 8.96. The van der Waals surface area contributed by atoms with Gasteiger partial charge in [0.25, 0.3) is 11.8 Å². The van der Waals surface area contributed by atoms with Crippen LogP contribution < -0.4 is 11.1 Å². The summed E-state index contributed by atoms with van der Waals surface area (Å²) in [5.41, 5.74) is 5.03. The number of hydrogen-bond donors (Lipinski definition) is 4. The second kappa shape index (κ2) is 5.92. The molecule has 0 aliphatic rings. The number of pyridine rings is 1. The van der Waals surface area contributed by atoms with Crippen molar-refractivity contribution in [3.63, 3.8) is 0 Å². The molecule has 17 heavy (non-hydrogen) atoms. The Hall–Kier alpha value is -1.99. The lowest BCUT2D eigenvalue weighted by Gasteiger charge is -2.08. The number of nitrogens with zero attached hydrogens (tertiary/aromatic N) is 1. The van der Waals surface area contributed by atoms with Gasteiger partial charge in [-0.05, 0) is 12.1 Å². The number of rotatable bonds is 5. The van der Waals surface area contributed by atoms with Crippen LogP contribution in [0.5, 0.6) is 0 Å². The minimum Gasteiger partial charge on any atom is -0.394 e. The largest absolute Gasteiger partial charge is 0.394 e. The summed E-state index contributed by atoms with van der Waals surface area (Å²) >= 11 is 0. The second-order valence-electron chi connectivity index (χ2n) is 3.32. The van der Waals surface area contributed by atoms with Crippen molar-refractivity contribution in [1.29, 1.82) is 0 Å². The highest BCUT2D eigenvalue weighted by atomic mass is 16.3. The summed E-state index contributed by atoms with van der Waals surface area (Å²) in [5, 5.41) is 19.9. The number of amides is 2. The van der Waals surface area contributed by atoms with Gasteiger partial charge in [-0.15, -0.1) is 0 Å². The molecule has 7 nitrogen and oxygen atoms in total. The lowest BCUT2D eigenvalue weighted by Crippen LogP contribution is -2.34. The van der Waals surface area contributed by atoms with Crippen molar-refractivity contribution in [2.45, 2.75) is 6.10 Å². The highest BCUT2D eigenvalue weighted by molar-refractivity contribution is 5.95. The Balaban J connectivity index is 2.69. The summed E-state index contributed by atoms with van der Waals surface area (Å²) in [5.74, 6) is -1.28. The van der Waals surface area contributed by atoms with Crippen LogP contribution in [0.3, 0.4) is 0 Å². The maximum Gasteiger partial charge on any atom is 0.269 e. The van der Waals surface area contributed by atoms with E-state index in [1.54, 1.807) is 0 Å². The molecule has 0 radical (unpaired) electrons.